The molecular weight excluding hydrogens is 298 g/mol. The molecule has 0 heterocycles. The first-order valence-electron chi connectivity index (χ1n) is 6.74. The smallest absolute Gasteiger partial charge is 0.261 e. The Morgan fingerprint density at radius 2 is 1.65 bits per heavy atom. The van der Waals surface area contributed by atoms with Crippen molar-refractivity contribution >= 4 is 31.3 Å². The van der Waals surface area contributed by atoms with E-state index in [4.69, 9.17) is 10.7 Å². The number of carbonyl (C=O) groups is 1. The largest absolute Gasteiger partial charge is 0.326 e. The first-order chi connectivity index (χ1) is 9.38. The Kier molecular flexibility index (Phi) is 6.49. The average molecular weight is 318 g/mol. The van der Waals surface area contributed by atoms with Gasteiger partial charge in [0, 0.05) is 22.3 Å². The molecule has 0 atom stereocenters. The van der Waals surface area contributed by atoms with Gasteiger partial charge in [0.25, 0.3) is 9.05 Å². The van der Waals surface area contributed by atoms with Crippen LogP contribution >= 0.6 is 10.7 Å². The summed E-state index contributed by atoms with van der Waals surface area (Å²) in [5.41, 5.74) is 0.580. The van der Waals surface area contributed by atoms with Crippen molar-refractivity contribution in [3.63, 3.8) is 0 Å². The summed E-state index contributed by atoms with van der Waals surface area (Å²) in [4.78, 5) is 12.1. The first kappa shape index (κ1) is 17.0. The lowest BCUT2D eigenvalue weighted by molar-refractivity contribution is -0.120. The molecule has 0 saturated carbocycles. The van der Waals surface area contributed by atoms with Gasteiger partial charge in [0.2, 0.25) is 5.91 Å². The van der Waals surface area contributed by atoms with Crippen LogP contribution < -0.4 is 5.32 Å². The molecule has 1 amide bonds. The van der Waals surface area contributed by atoms with Crippen molar-refractivity contribution in [3.05, 3.63) is 24.3 Å². The SMILES string of the molecule is CCCC(CCC)C(=O)Nc1ccc(S(=O)(=O)Cl)cc1. The molecule has 0 unspecified atom stereocenters. The molecular formula is C14H20ClNO3S. The number of hydrogen-bond donors (Lipinski definition) is 1. The number of anilines is 1. The van der Waals surface area contributed by atoms with E-state index >= 15 is 0 Å². The Morgan fingerprint density at radius 1 is 1.15 bits per heavy atom. The van der Waals surface area contributed by atoms with Crippen LogP contribution in [0.1, 0.15) is 39.5 Å². The average Bonchev–Trinajstić information content (AvgIpc) is 2.38. The summed E-state index contributed by atoms with van der Waals surface area (Å²) < 4.78 is 22.2. The molecule has 1 aromatic carbocycles. The van der Waals surface area contributed by atoms with Crippen molar-refractivity contribution in [2.24, 2.45) is 5.92 Å². The zero-order valence-corrected chi connectivity index (χ0v) is 13.3. The van der Waals surface area contributed by atoms with E-state index in [9.17, 15) is 13.2 Å². The van der Waals surface area contributed by atoms with Gasteiger partial charge in [-0.3, -0.25) is 4.79 Å². The number of rotatable bonds is 7. The summed E-state index contributed by atoms with van der Waals surface area (Å²) >= 11 is 0. The maximum atomic E-state index is 12.1. The van der Waals surface area contributed by atoms with Gasteiger partial charge < -0.3 is 5.32 Å². The first-order valence-corrected chi connectivity index (χ1v) is 9.05. The quantitative estimate of drug-likeness (QED) is 0.779. The van der Waals surface area contributed by atoms with Crippen molar-refractivity contribution in [2.45, 2.75) is 44.4 Å². The fraction of sp³-hybridized carbons (Fsp3) is 0.500. The van der Waals surface area contributed by atoms with Crippen LogP contribution in [0.2, 0.25) is 0 Å². The van der Waals surface area contributed by atoms with E-state index in [1.807, 2.05) is 0 Å². The van der Waals surface area contributed by atoms with Crippen molar-refractivity contribution < 1.29 is 13.2 Å². The van der Waals surface area contributed by atoms with Gasteiger partial charge in [-0.05, 0) is 37.1 Å². The zero-order valence-electron chi connectivity index (χ0n) is 11.7. The predicted molar refractivity (Wildman–Crippen MR) is 81.4 cm³/mol. The molecule has 4 nitrogen and oxygen atoms in total. The lowest BCUT2D eigenvalue weighted by atomic mass is 9.97. The summed E-state index contributed by atoms with van der Waals surface area (Å²) in [5, 5.41) is 2.81. The molecule has 0 bridgehead atoms. The Hall–Kier alpha value is -1.07. The van der Waals surface area contributed by atoms with Crippen molar-refractivity contribution in [1.29, 1.82) is 0 Å². The van der Waals surface area contributed by atoms with E-state index in [2.05, 4.69) is 19.2 Å². The maximum absolute atomic E-state index is 12.1. The minimum absolute atomic E-state index is 0.00133. The van der Waals surface area contributed by atoms with Gasteiger partial charge in [-0.25, -0.2) is 8.42 Å². The summed E-state index contributed by atoms with van der Waals surface area (Å²) in [6.07, 6.45) is 3.63. The minimum Gasteiger partial charge on any atom is -0.326 e. The van der Waals surface area contributed by atoms with Crippen molar-refractivity contribution in [3.8, 4) is 0 Å². The zero-order chi connectivity index (χ0) is 15.2. The van der Waals surface area contributed by atoms with Crippen LogP contribution in [0.4, 0.5) is 5.69 Å². The molecule has 20 heavy (non-hydrogen) atoms. The van der Waals surface area contributed by atoms with Gasteiger partial charge in [0.15, 0.2) is 0 Å². The van der Waals surface area contributed by atoms with E-state index in [1.165, 1.54) is 12.1 Å². The van der Waals surface area contributed by atoms with Gasteiger partial charge in [0.1, 0.15) is 0 Å². The standard InChI is InChI=1S/C14H20ClNO3S/c1-3-5-11(6-4-2)14(17)16-12-7-9-13(10-8-12)20(15,18)19/h7-11H,3-6H2,1-2H3,(H,16,17). The summed E-state index contributed by atoms with van der Waals surface area (Å²) in [6, 6.07) is 5.85. The lowest BCUT2D eigenvalue weighted by Gasteiger charge is -2.15. The highest BCUT2D eigenvalue weighted by Crippen LogP contribution is 2.20. The van der Waals surface area contributed by atoms with Crippen LogP contribution in [0.5, 0.6) is 0 Å². The molecule has 1 aromatic rings. The Balaban J connectivity index is 2.75. The highest BCUT2D eigenvalue weighted by Gasteiger charge is 2.17. The fourth-order valence-corrected chi connectivity index (χ4v) is 2.82. The number of amides is 1. The van der Waals surface area contributed by atoms with Crippen LogP contribution in [0, 0.1) is 5.92 Å². The second-order valence-corrected chi connectivity index (χ2v) is 7.29. The van der Waals surface area contributed by atoms with E-state index in [1.54, 1.807) is 12.1 Å². The van der Waals surface area contributed by atoms with Gasteiger partial charge in [0.05, 0.1) is 4.90 Å². The fourth-order valence-electron chi connectivity index (χ4n) is 2.05. The molecule has 1 N–H and O–H groups in total. The van der Waals surface area contributed by atoms with E-state index in [-0.39, 0.29) is 16.7 Å². The summed E-state index contributed by atoms with van der Waals surface area (Å²) in [7, 11) is 1.51. The third-order valence-corrected chi connectivity index (χ3v) is 4.42. The number of carbonyl (C=O) groups excluding carboxylic acids is 1. The number of benzene rings is 1. The van der Waals surface area contributed by atoms with E-state index < -0.39 is 9.05 Å². The van der Waals surface area contributed by atoms with Crippen LogP contribution in [-0.2, 0) is 13.8 Å². The van der Waals surface area contributed by atoms with Gasteiger partial charge >= 0.3 is 0 Å². The maximum Gasteiger partial charge on any atom is 0.261 e. The Labute approximate surface area is 124 Å². The topological polar surface area (TPSA) is 63.2 Å². The third-order valence-electron chi connectivity index (χ3n) is 3.05. The molecule has 0 aromatic heterocycles. The molecule has 0 radical (unpaired) electrons. The molecule has 0 aliphatic rings. The van der Waals surface area contributed by atoms with Crippen LogP contribution in [0.3, 0.4) is 0 Å². The summed E-state index contributed by atoms with van der Waals surface area (Å²) in [5.74, 6) is -0.0170. The minimum atomic E-state index is -3.72. The van der Waals surface area contributed by atoms with E-state index in [0.29, 0.717) is 5.69 Å². The van der Waals surface area contributed by atoms with Gasteiger partial charge in [-0.1, -0.05) is 26.7 Å². The van der Waals surface area contributed by atoms with Crippen LogP contribution in [0.15, 0.2) is 29.2 Å². The monoisotopic (exact) mass is 317 g/mol. The van der Waals surface area contributed by atoms with Crippen LogP contribution in [0.25, 0.3) is 0 Å². The molecule has 0 spiro atoms. The molecule has 0 aliphatic carbocycles. The number of halogens is 1. The van der Waals surface area contributed by atoms with Crippen LogP contribution in [-0.4, -0.2) is 14.3 Å². The third kappa shape index (κ3) is 5.13. The molecule has 0 fully saturated rings. The number of nitrogens with one attached hydrogen (secondary N) is 1. The predicted octanol–water partition coefficient (Wildman–Crippen LogP) is 3.77. The van der Waals surface area contributed by atoms with Gasteiger partial charge in [-0.2, -0.15) is 0 Å². The summed E-state index contributed by atoms with van der Waals surface area (Å²) in [6.45, 7) is 4.10. The van der Waals surface area contributed by atoms with E-state index in [0.717, 1.165) is 25.7 Å². The Morgan fingerprint density at radius 3 is 2.05 bits per heavy atom. The normalized spacial score (nSPS) is 11.6. The van der Waals surface area contributed by atoms with Crippen molar-refractivity contribution in [2.75, 3.05) is 5.32 Å². The molecule has 0 aliphatic heterocycles. The molecule has 6 heteroatoms. The highest BCUT2D eigenvalue weighted by atomic mass is 35.7. The molecule has 0 saturated heterocycles. The highest BCUT2D eigenvalue weighted by molar-refractivity contribution is 8.13. The van der Waals surface area contributed by atoms with Gasteiger partial charge in [-0.15, -0.1) is 0 Å². The second kappa shape index (κ2) is 7.64. The lowest BCUT2D eigenvalue weighted by Crippen LogP contribution is -2.22. The van der Waals surface area contributed by atoms with Crippen molar-refractivity contribution in [1.82, 2.24) is 0 Å². The molecule has 1 rings (SSSR count). The molecule has 112 valence electrons. The second-order valence-electron chi connectivity index (χ2n) is 4.73. The number of hydrogen-bond acceptors (Lipinski definition) is 3. The Bertz CT molecular complexity index is 534.